The van der Waals surface area contributed by atoms with E-state index in [1.54, 1.807) is 12.1 Å². The van der Waals surface area contributed by atoms with Gasteiger partial charge in [0.25, 0.3) is 0 Å². The molecule has 2 bridgehead atoms. The number of carboxylic acid groups (broad SMARTS) is 1. The average Bonchev–Trinajstić information content (AvgIpc) is 3.19. The van der Waals surface area contributed by atoms with Crippen molar-refractivity contribution in [3.8, 4) is 11.5 Å². The van der Waals surface area contributed by atoms with Gasteiger partial charge < -0.3 is 39.7 Å². The molecule has 8 atom stereocenters. The highest BCUT2D eigenvalue weighted by Gasteiger charge is 2.72. The first-order valence-corrected chi connectivity index (χ1v) is 11.9. The third-order valence-electron chi connectivity index (χ3n) is 8.37. The fraction of sp³-hybridized carbons (Fsp3) is 0.560. The van der Waals surface area contributed by atoms with Gasteiger partial charge in [-0.2, -0.15) is 0 Å². The summed E-state index contributed by atoms with van der Waals surface area (Å²) >= 11 is 0. The van der Waals surface area contributed by atoms with E-state index >= 15 is 0 Å². The summed E-state index contributed by atoms with van der Waals surface area (Å²) in [5, 5.41) is 50.3. The number of phenols is 1. The first kappa shape index (κ1) is 24.5. The zero-order chi connectivity index (χ0) is 26.2. The molecular formula is C25H28O11. The molecule has 1 saturated carbocycles. The maximum Gasteiger partial charge on any atom is 0.352 e. The van der Waals surface area contributed by atoms with Crippen molar-refractivity contribution < 1.29 is 54.1 Å². The summed E-state index contributed by atoms with van der Waals surface area (Å²) in [7, 11) is 0. The van der Waals surface area contributed by atoms with Gasteiger partial charge in [-0.05, 0) is 62.1 Å². The Morgan fingerprint density at radius 2 is 1.89 bits per heavy atom. The van der Waals surface area contributed by atoms with Crippen LogP contribution in [0.4, 0.5) is 0 Å². The Bertz CT molecular complexity index is 1170. The number of carboxylic acids is 1. The minimum atomic E-state index is -2.42. The smallest absolute Gasteiger partial charge is 0.352 e. The predicted octanol–water partition coefficient (Wildman–Crippen LogP) is 0.293. The van der Waals surface area contributed by atoms with Crippen LogP contribution in [0.3, 0.4) is 0 Å². The van der Waals surface area contributed by atoms with E-state index in [0.29, 0.717) is 12.8 Å². The van der Waals surface area contributed by atoms with Gasteiger partial charge in [-0.3, -0.25) is 0 Å². The Morgan fingerprint density at radius 1 is 1.17 bits per heavy atom. The number of carbonyl (C=O) groups excluding carboxylic acids is 2. The number of rotatable bonds is 6. The van der Waals surface area contributed by atoms with Crippen LogP contribution in [0, 0.1) is 11.8 Å². The SMILES string of the molecule is CC1CCC23c4c5ccc(O)c4O[C@H]2C(OC(=O)[C@H](C)OC(=O)[C@H](O)[C@@H](O)C(=O)O)=CC[C@@]3(O)[C@H]1C5. The number of aliphatic carboxylic acids is 1. The number of benzene rings is 1. The number of esters is 2. The Balaban J connectivity index is 1.42. The number of carbonyl (C=O) groups is 3. The number of aliphatic hydroxyl groups is 3. The highest BCUT2D eigenvalue weighted by atomic mass is 16.6. The fourth-order valence-electron chi connectivity index (χ4n) is 6.57. The van der Waals surface area contributed by atoms with E-state index in [0.717, 1.165) is 17.5 Å². The second-order valence-electron chi connectivity index (χ2n) is 10.2. The molecule has 36 heavy (non-hydrogen) atoms. The Hall–Kier alpha value is -3.15. The molecule has 4 aliphatic rings. The number of phenolic OH excluding ortho intramolecular Hbond substituents is 1. The molecule has 11 heteroatoms. The van der Waals surface area contributed by atoms with Gasteiger partial charge in [-0.15, -0.1) is 0 Å². The van der Waals surface area contributed by atoms with Crippen LogP contribution in [0.2, 0.25) is 0 Å². The van der Waals surface area contributed by atoms with Crippen molar-refractivity contribution in [2.75, 3.05) is 0 Å². The van der Waals surface area contributed by atoms with Gasteiger partial charge in [0, 0.05) is 5.56 Å². The highest BCUT2D eigenvalue weighted by molar-refractivity contribution is 5.86. The number of hydrogen-bond acceptors (Lipinski definition) is 10. The van der Waals surface area contributed by atoms with Crippen LogP contribution in [0.5, 0.6) is 11.5 Å². The summed E-state index contributed by atoms with van der Waals surface area (Å²) in [6.07, 6.45) is -3.50. The van der Waals surface area contributed by atoms with Gasteiger partial charge in [0.05, 0.1) is 11.0 Å². The van der Waals surface area contributed by atoms with E-state index < -0.39 is 53.3 Å². The number of hydrogen-bond donors (Lipinski definition) is 5. The van der Waals surface area contributed by atoms with E-state index in [4.69, 9.17) is 19.3 Å². The lowest BCUT2D eigenvalue weighted by atomic mass is 9.45. The van der Waals surface area contributed by atoms with Crippen molar-refractivity contribution in [1.82, 2.24) is 0 Å². The van der Waals surface area contributed by atoms with Crippen LogP contribution in [0.25, 0.3) is 0 Å². The van der Waals surface area contributed by atoms with Crippen LogP contribution < -0.4 is 4.74 Å². The van der Waals surface area contributed by atoms with E-state index in [-0.39, 0.29) is 35.5 Å². The maximum absolute atomic E-state index is 12.8. The Kier molecular flexibility index (Phi) is 5.58. The molecule has 1 fully saturated rings. The van der Waals surface area contributed by atoms with Gasteiger partial charge in [-0.1, -0.05) is 13.0 Å². The quantitative estimate of drug-likeness (QED) is 0.336. The lowest BCUT2D eigenvalue weighted by molar-refractivity contribution is -0.182. The molecule has 1 aliphatic heterocycles. The molecule has 1 aromatic rings. The molecule has 5 rings (SSSR count). The molecule has 0 amide bonds. The van der Waals surface area contributed by atoms with Gasteiger partial charge in [0.15, 0.2) is 35.9 Å². The third-order valence-corrected chi connectivity index (χ3v) is 8.37. The minimum Gasteiger partial charge on any atom is -0.504 e. The number of aliphatic hydroxyl groups excluding tert-OH is 2. The van der Waals surface area contributed by atoms with Crippen molar-refractivity contribution in [3.05, 3.63) is 35.1 Å². The summed E-state index contributed by atoms with van der Waals surface area (Å²) in [5.41, 5.74) is -0.387. The molecular weight excluding hydrogens is 476 g/mol. The lowest BCUT2D eigenvalue weighted by Gasteiger charge is -2.61. The average molecular weight is 504 g/mol. The standard InChI is InChI=1S/C25H28O11/c1-10-5-7-24-16-12-3-4-14(26)19(16)36-20(24)15(6-8-25(24,33)13(10)9-12)35-22(31)11(2)34-23(32)18(28)17(27)21(29)30/h3-4,6,10-11,13,17-18,20,26-28,33H,5,7-9H2,1-2H3,(H,29,30)/t10?,11-,13-,17+,18+,20-,24?,25+/m0/s1. The van der Waals surface area contributed by atoms with Gasteiger partial charge >= 0.3 is 17.9 Å². The molecule has 0 saturated heterocycles. The van der Waals surface area contributed by atoms with E-state index in [9.17, 15) is 34.8 Å². The molecule has 11 nitrogen and oxygen atoms in total. The summed E-state index contributed by atoms with van der Waals surface area (Å²) in [5.74, 6) is -3.87. The number of aromatic hydroxyl groups is 1. The summed E-state index contributed by atoms with van der Waals surface area (Å²) in [4.78, 5) is 35.5. The van der Waals surface area contributed by atoms with E-state index in [2.05, 4.69) is 6.92 Å². The second kappa shape index (κ2) is 8.19. The topological polar surface area (TPSA) is 180 Å². The second-order valence-corrected chi connectivity index (χ2v) is 10.2. The van der Waals surface area contributed by atoms with Crippen molar-refractivity contribution in [2.24, 2.45) is 11.8 Å². The van der Waals surface area contributed by atoms with Crippen LogP contribution in [0.1, 0.15) is 44.2 Å². The zero-order valence-corrected chi connectivity index (χ0v) is 19.7. The lowest BCUT2D eigenvalue weighted by Crippen LogP contribution is -2.69. The first-order chi connectivity index (χ1) is 16.9. The minimum absolute atomic E-state index is 0.0594. The fourth-order valence-corrected chi connectivity index (χ4v) is 6.57. The van der Waals surface area contributed by atoms with Crippen LogP contribution in [-0.4, -0.2) is 73.5 Å². The molecule has 1 aromatic carbocycles. The van der Waals surface area contributed by atoms with Gasteiger partial charge in [-0.25, -0.2) is 14.4 Å². The highest BCUT2D eigenvalue weighted by Crippen LogP contribution is 2.68. The van der Waals surface area contributed by atoms with Crippen LogP contribution in [0.15, 0.2) is 24.0 Å². The maximum atomic E-state index is 12.8. The largest absolute Gasteiger partial charge is 0.504 e. The molecule has 194 valence electrons. The van der Waals surface area contributed by atoms with E-state index in [1.165, 1.54) is 6.92 Å². The third kappa shape index (κ3) is 3.19. The van der Waals surface area contributed by atoms with Gasteiger partial charge in [0.1, 0.15) is 5.76 Å². The van der Waals surface area contributed by atoms with Crippen molar-refractivity contribution in [1.29, 1.82) is 0 Å². The van der Waals surface area contributed by atoms with Crippen molar-refractivity contribution in [2.45, 2.75) is 75.0 Å². The molecule has 0 radical (unpaired) electrons. The predicted molar refractivity (Wildman–Crippen MR) is 119 cm³/mol. The molecule has 2 unspecified atom stereocenters. The Morgan fingerprint density at radius 3 is 2.58 bits per heavy atom. The van der Waals surface area contributed by atoms with Crippen LogP contribution in [-0.2, 0) is 35.7 Å². The summed E-state index contributed by atoms with van der Waals surface area (Å²) in [6.45, 7) is 3.28. The molecule has 5 N–H and O–H groups in total. The van der Waals surface area contributed by atoms with Crippen LogP contribution >= 0.6 is 0 Å². The van der Waals surface area contributed by atoms with Crippen molar-refractivity contribution >= 4 is 17.9 Å². The molecule has 3 aliphatic carbocycles. The molecule has 0 aromatic heterocycles. The molecule has 1 spiro atoms. The van der Waals surface area contributed by atoms with Crippen molar-refractivity contribution in [3.63, 3.8) is 0 Å². The van der Waals surface area contributed by atoms with E-state index in [1.807, 2.05) is 6.07 Å². The first-order valence-electron chi connectivity index (χ1n) is 11.9. The summed E-state index contributed by atoms with van der Waals surface area (Å²) < 4.78 is 16.5. The zero-order valence-electron chi connectivity index (χ0n) is 19.7. The normalized spacial score (nSPS) is 33.8. The Labute approximate surface area is 205 Å². The monoisotopic (exact) mass is 504 g/mol. The van der Waals surface area contributed by atoms with Gasteiger partial charge in [0.2, 0.25) is 0 Å². The molecule has 1 heterocycles. The number of ether oxygens (including phenoxy) is 3. The summed E-state index contributed by atoms with van der Waals surface area (Å²) in [6, 6.07) is 3.40.